The van der Waals surface area contributed by atoms with Crippen LogP contribution in [0.2, 0.25) is 5.02 Å². The Morgan fingerprint density at radius 3 is 2.75 bits per heavy atom. The van der Waals surface area contributed by atoms with Gasteiger partial charge in [0.1, 0.15) is 11.6 Å². The lowest BCUT2D eigenvalue weighted by Gasteiger charge is -2.08. The summed E-state index contributed by atoms with van der Waals surface area (Å²) in [7, 11) is 0. The molecule has 6 heteroatoms. The van der Waals surface area contributed by atoms with Crippen LogP contribution in [0.25, 0.3) is 0 Å². The van der Waals surface area contributed by atoms with E-state index in [4.69, 9.17) is 17.3 Å². The highest BCUT2D eigenvalue weighted by atomic mass is 127. The van der Waals surface area contributed by atoms with Crippen LogP contribution in [0.4, 0.5) is 5.82 Å². The zero-order chi connectivity index (χ0) is 14.1. The van der Waals surface area contributed by atoms with Crippen molar-refractivity contribution in [2.45, 2.75) is 29.4 Å². The van der Waals surface area contributed by atoms with Gasteiger partial charge in [-0.1, -0.05) is 23.7 Å². The normalized spacial score (nSPS) is 14.5. The Bertz CT molecular complexity index is 646. The summed E-state index contributed by atoms with van der Waals surface area (Å²) in [6.07, 6.45) is 2.42. The van der Waals surface area contributed by atoms with Crippen LogP contribution < -0.4 is 5.73 Å². The molecule has 20 heavy (non-hydrogen) atoms. The summed E-state index contributed by atoms with van der Waals surface area (Å²) >= 11 is 10.0. The van der Waals surface area contributed by atoms with E-state index in [2.05, 4.69) is 32.6 Å². The molecule has 3 nitrogen and oxygen atoms in total. The van der Waals surface area contributed by atoms with Crippen molar-refractivity contribution in [1.29, 1.82) is 0 Å². The van der Waals surface area contributed by atoms with Gasteiger partial charge in [0, 0.05) is 10.8 Å². The first kappa shape index (κ1) is 14.4. The monoisotopic (exact) mass is 417 g/mol. The summed E-state index contributed by atoms with van der Waals surface area (Å²) < 4.78 is 1.01. The van der Waals surface area contributed by atoms with Crippen LogP contribution in [0.15, 0.2) is 29.2 Å². The topological polar surface area (TPSA) is 51.8 Å². The number of anilines is 1. The molecule has 0 saturated heterocycles. The average molecular weight is 418 g/mol. The third kappa shape index (κ3) is 3.20. The molecule has 3 rings (SSSR count). The third-order valence-electron chi connectivity index (χ3n) is 3.11. The standard InChI is InChI=1S/C14H13ClIN3S/c15-9-3-1-2-4-10(9)20-7-11-18-13(8-5-6-8)12(16)14(17)19-11/h1-4,8H,5-7H2,(H2,17,18,19). The maximum atomic E-state index is 6.15. The van der Waals surface area contributed by atoms with E-state index in [1.165, 1.54) is 12.8 Å². The summed E-state index contributed by atoms with van der Waals surface area (Å²) in [6, 6.07) is 7.80. The summed E-state index contributed by atoms with van der Waals surface area (Å²) in [5.41, 5.74) is 7.11. The number of rotatable bonds is 4. The molecule has 1 aromatic carbocycles. The molecule has 104 valence electrons. The molecular formula is C14H13ClIN3S. The summed E-state index contributed by atoms with van der Waals surface area (Å²) in [4.78, 5) is 10.1. The minimum absolute atomic E-state index is 0.580. The fourth-order valence-electron chi connectivity index (χ4n) is 1.93. The molecule has 1 aliphatic carbocycles. The van der Waals surface area contributed by atoms with Gasteiger partial charge in [-0.25, -0.2) is 9.97 Å². The van der Waals surface area contributed by atoms with E-state index in [0.29, 0.717) is 17.5 Å². The van der Waals surface area contributed by atoms with Gasteiger partial charge in [-0.15, -0.1) is 11.8 Å². The van der Waals surface area contributed by atoms with Crippen molar-refractivity contribution in [3.63, 3.8) is 0 Å². The summed E-state index contributed by atoms with van der Waals surface area (Å²) in [5, 5.41) is 0.762. The molecule has 0 aliphatic heterocycles. The number of hydrogen-bond acceptors (Lipinski definition) is 4. The van der Waals surface area contributed by atoms with Crippen molar-refractivity contribution in [2.24, 2.45) is 0 Å². The molecular weight excluding hydrogens is 405 g/mol. The highest BCUT2D eigenvalue weighted by Crippen LogP contribution is 2.42. The van der Waals surface area contributed by atoms with Crippen molar-refractivity contribution in [2.75, 3.05) is 5.73 Å². The van der Waals surface area contributed by atoms with Crippen LogP contribution >= 0.6 is 46.0 Å². The van der Waals surface area contributed by atoms with Crippen molar-refractivity contribution >= 4 is 51.8 Å². The predicted octanol–water partition coefficient (Wildman–Crippen LogP) is 4.49. The zero-order valence-electron chi connectivity index (χ0n) is 10.6. The average Bonchev–Trinajstić information content (AvgIpc) is 3.26. The van der Waals surface area contributed by atoms with Crippen molar-refractivity contribution in [3.05, 3.63) is 44.4 Å². The van der Waals surface area contributed by atoms with E-state index in [1.807, 2.05) is 24.3 Å². The number of hydrogen-bond donors (Lipinski definition) is 1. The van der Waals surface area contributed by atoms with Crippen LogP contribution in [-0.2, 0) is 5.75 Å². The van der Waals surface area contributed by atoms with Gasteiger partial charge in [-0.2, -0.15) is 0 Å². The molecule has 1 heterocycles. The molecule has 1 aromatic heterocycles. The predicted molar refractivity (Wildman–Crippen MR) is 92.1 cm³/mol. The molecule has 1 aliphatic rings. The van der Waals surface area contributed by atoms with E-state index in [1.54, 1.807) is 11.8 Å². The quantitative estimate of drug-likeness (QED) is 0.588. The fraction of sp³-hybridized carbons (Fsp3) is 0.286. The summed E-state index contributed by atoms with van der Waals surface area (Å²) in [5.74, 6) is 2.65. The van der Waals surface area contributed by atoms with Crippen molar-refractivity contribution in [3.8, 4) is 0 Å². The van der Waals surface area contributed by atoms with Gasteiger partial charge in [0.05, 0.1) is 20.0 Å². The van der Waals surface area contributed by atoms with Gasteiger partial charge in [-0.05, 0) is 47.6 Å². The van der Waals surface area contributed by atoms with Crippen LogP contribution in [0.1, 0.15) is 30.3 Å². The maximum absolute atomic E-state index is 6.15. The van der Waals surface area contributed by atoms with Crippen molar-refractivity contribution < 1.29 is 0 Å². The van der Waals surface area contributed by atoms with E-state index in [0.717, 1.165) is 25.0 Å². The van der Waals surface area contributed by atoms with E-state index < -0.39 is 0 Å². The van der Waals surface area contributed by atoms with Gasteiger partial charge in [0.2, 0.25) is 0 Å². The SMILES string of the molecule is Nc1nc(CSc2ccccc2Cl)nc(C2CC2)c1I. The number of nitrogens with two attached hydrogens (primary N) is 1. The Morgan fingerprint density at radius 1 is 1.30 bits per heavy atom. The third-order valence-corrected chi connectivity index (χ3v) is 5.72. The van der Waals surface area contributed by atoms with E-state index in [9.17, 15) is 0 Å². The van der Waals surface area contributed by atoms with Gasteiger partial charge in [-0.3, -0.25) is 0 Å². The highest BCUT2D eigenvalue weighted by molar-refractivity contribution is 14.1. The molecule has 2 N–H and O–H groups in total. The molecule has 0 bridgehead atoms. The largest absolute Gasteiger partial charge is 0.383 e. The first-order chi connectivity index (χ1) is 9.65. The zero-order valence-corrected chi connectivity index (χ0v) is 14.4. The van der Waals surface area contributed by atoms with E-state index >= 15 is 0 Å². The second-order valence-electron chi connectivity index (χ2n) is 4.72. The second-order valence-corrected chi connectivity index (χ2v) is 7.22. The number of halogens is 2. The Hall–Kier alpha value is -0.530. The molecule has 0 radical (unpaired) electrons. The van der Waals surface area contributed by atoms with Crippen LogP contribution in [0.3, 0.4) is 0 Å². The first-order valence-corrected chi connectivity index (χ1v) is 8.78. The van der Waals surface area contributed by atoms with Gasteiger partial charge < -0.3 is 5.73 Å². The molecule has 0 spiro atoms. The minimum atomic E-state index is 0.580. The number of benzene rings is 1. The number of aromatic nitrogens is 2. The van der Waals surface area contributed by atoms with Gasteiger partial charge in [0.15, 0.2) is 0 Å². The van der Waals surface area contributed by atoms with Crippen molar-refractivity contribution in [1.82, 2.24) is 9.97 Å². The van der Waals surface area contributed by atoms with Gasteiger partial charge >= 0.3 is 0 Å². The summed E-state index contributed by atoms with van der Waals surface area (Å²) in [6.45, 7) is 0. The lowest BCUT2D eigenvalue weighted by Crippen LogP contribution is -2.06. The molecule has 0 unspecified atom stereocenters. The molecule has 1 saturated carbocycles. The Kier molecular flexibility index (Phi) is 4.37. The molecule has 1 fully saturated rings. The Labute approximate surface area is 140 Å². The van der Waals surface area contributed by atoms with Crippen LogP contribution in [0, 0.1) is 3.57 Å². The second kappa shape index (κ2) is 6.07. The van der Waals surface area contributed by atoms with Crippen LogP contribution in [-0.4, -0.2) is 9.97 Å². The lowest BCUT2D eigenvalue weighted by atomic mass is 10.3. The lowest BCUT2D eigenvalue weighted by molar-refractivity contribution is 0.924. The first-order valence-electron chi connectivity index (χ1n) is 6.34. The fourth-order valence-corrected chi connectivity index (χ4v) is 3.70. The Balaban J connectivity index is 1.79. The number of nitrogens with zero attached hydrogens (tertiary/aromatic N) is 2. The molecule has 0 atom stereocenters. The number of nitrogen functional groups attached to an aromatic ring is 1. The highest BCUT2D eigenvalue weighted by Gasteiger charge is 2.28. The van der Waals surface area contributed by atoms with Gasteiger partial charge in [0.25, 0.3) is 0 Å². The molecule has 0 amide bonds. The minimum Gasteiger partial charge on any atom is -0.383 e. The van der Waals surface area contributed by atoms with Crippen LogP contribution in [0.5, 0.6) is 0 Å². The maximum Gasteiger partial charge on any atom is 0.141 e. The van der Waals surface area contributed by atoms with E-state index in [-0.39, 0.29) is 0 Å². The smallest absolute Gasteiger partial charge is 0.141 e. The number of thioether (sulfide) groups is 1. The molecule has 2 aromatic rings. The Morgan fingerprint density at radius 2 is 2.05 bits per heavy atom.